The van der Waals surface area contributed by atoms with Crippen molar-refractivity contribution in [1.29, 1.82) is 0 Å². The lowest BCUT2D eigenvalue weighted by Gasteiger charge is -2.14. The summed E-state index contributed by atoms with van der Waals surface area (Å²) in [7, 11) is -3.34. The zero-order valence-corrected chi connectivity index (χ0v) is 13.8. The zero-order valence-electron chi connectivity index (χ0n) is 10.8. The van der Waals surface area contributed by atoms with Crippen LogP contribution in [0.2, 0.25) is 0 Å². The van der Waals surface area contributed by atoms with E-state index >= 15 is 0 Å². The fourth-order valence-electron chi connectivity index (χ4n) is 2.21. The Morgan fingerprint density at radius 3 is 2.42 bits per heavy atom. The second-order valence-corrected chi connectivity index (χ2v) is 7.77. The first kappa shape index (κ1) is 15.2. The summed E-state index contributed by atoms with van der Waals surface area (Å²) in [5.41, 5.74) is 0. The maximum absolute atomic E-state index is 12.0. The number of hydrogen-bond donors (Lipinski definition) is 1. The Hall–Kier alpha value is -0.180. The van der Waals surface area contributed by atoms with Gasteiger partial charge >= 0.3 is 0 Å². The van der Waals surface area contributed by atoms with E-state index in [2.05, 4.69) is 32.2 Å². The number of nitrogens with zero attached hydrogens (tertiary/aromatic N) is 1. The van der Waals surface area contributed by atoms with Crippen molar-refractivity contribution in [3.05, 3.63) is 27.8 Å². The number of benzene rings is 1. The second kappa shape index (κ2) is 7.01. The predicted molar refractivity (Wildman–Crippen MR) is 84.6 cm³/mol. The van der Waals surface area contributed by atoms with Gasteiger partial charge in [0.15, 0.2) is 0 Å². The van der Waals surface area contributed by atoms with E-state index in [1.165, 1.54) is 12.8 Å². The second-order valence-electron chi connectivity index (χ2n) is 4.75. The van der Waals surface area contributed by atoms with Gasteiger partial charge in [0.2, 0.25) is 10.0 Å². The van der Waals surface area contributed by atoms with E-state index in [-0.39, 0.29) is 0 Å². The molecule has 0 saturated carbocycles. The molecule has 4 nitrogen and oxygen atoms in total. The van der Waals surface area contributed by atoms with E-state index in [1.54, 1.807) is 24.3 Å². The fourth-order valence-corrected chi connectivity index (χ4v) is 3.65. The molecule has 0 unspecified atom stereocenters. The Morgan fingerprint density at radius 1 is 1.16 bits per heavy atom. The van der Waals surface area contributed by atoms with Gasteiger partial charge < -0.3 is 4.90 Å². The first-order valence-corrected chi connectivity index (χ1v) is 9.12. The van der Waals surface area contributed by atoms with Crippen molar-refractivity contribution in [2.75, 3.05) is 26.2 Å². The van der Waals surface area contributed by atoms with Crippen LogP contribution in [0.3, 0.4) is 0 Å². The van der Waals surface area contributed by atoms with Gasteiger partial charge in [-0.25, -0.2) is 13.1 Å². The van der Waals surface area contributed by atoms with Gasteiger partial charge in [-0.05, 0) is 85.8 Å². The number of nitrogens with one attached hydrogen (secondary N) is 1. The van der Waals surface area contributed by atoms with E-state index < -0.39 is 10.0 Å². The monoisotopic (exact) mass is 394 g/mol. The SMILES string of the molecule is O=S(=O)(NCCCN1CCCC1)c1ccc(I)cc1. The predicted octanol–water partition coefficient (Wildman–Crippen LogP) is 2.06. The molecule has 1 aliphatic heterocycles. The maximum Gasteiger partial charge on any atom is 0.240 e. The highest BCUT2D eigenvalue weighted by Gasteiger charge is 2.14. The molecular formula is C13H19IN2O2S. The van der Waals surface area contributed by atoms with Crippen molar-refractivity contribution in [2.24, 2.45) is 0 Å². The molecule has 0 spiro atoms. The smallest absolute Gasteiger partial charge is 0.240 e. The molecular weight excluding hydrogens is 375 g/mol. The summed E-state index contributed by atoms with van der Waals surface area (Å²) in [4.78, 5) is 2.73. The van der Waals surface area contributed by atoms with Crippen LogP contribution >= 0.6 is 22.6 Å². The van der Waals surface area contributed by atoms with E-state index in [9.17, 15) is 8.42 Å². The van der Waals surface area contributed by atoms with E-state index in [0.717, 1.165) is 29.6 Å². The highest BCUT2D eigenvalue weighted by atomic mass is 127. The molecule has 0 atom stereocenters. The van der Waals surface area contributed by atoms with Gasteiger partial charge in [-0.2, -0.15) is 0 Å². The van der Waals surface area contributed by atoms with Crippen LogP contribution < -0.4 is 4.72 Å². The average molecular weight is 394 g/mol. The summed E-state index contributed by atoms with van der Waals surface area (Å²) in [6.45, 7) is 3.80. The fraction of sp³-hybridized carbons (Fsp3) is 0.538. The normalized spacial score (nSPS) is 16.9. The van der Waals surface area contributed by atoms with Crippen molar-refractivity contribution in [2.45, 2.75) is 24.2 Å². The van der Waals surface area contributed by atoms with Crippen molar-refractivity contribution in [3.8, 4) is 0 Å². The summed E-state index contributed by atoms with van der Waals surface area (Å²) < 4.78 is 27.7. The van der Waals surface area contributed by atoms with Gasteiger partial charge in [0.25, 0.3) is 0 Å². The molecule has 0 bridgehead atoms. The molecule has 1 aromatic carbocycles. The summed E-state index contributed by atoms with van der Waals surface area (Å²) >= 11 is 2.16. The summed E-state index contributed by atoms with van der Waals surface area (Å²) in [5, 5.41) is 0. The number of rotatable bonds is 6. The topological polar surface area (TPSA) is 49.4 Å². The van der Waals surface area contributed by atoms with Crippen LogP contribution in [0.5, 0.6) is 0 Å². The lowest BCUT2D eigenvalue weighted by molar-refractivity contribution is 0.334. The molecule has 1 saturated heterocycles. The van der Waals surface area contributed by atoms with Crippen LogP contribution in [0.25, 0.3) is 0 Å². The van der Waals surface area contributed by atoms with E-state index in [4.69, 9.17) is 0 Å². The molecule has 1 N–H and O–H groups in total. The number of hydrogen-bond acceptors (Lipinski definition) is 3. The third kappa shape index (κ3) is 4.70. The minimum absolute atomic E-state index is 0.342. The third-order valence-electron chi connectivity index (χ3n) is 3.27. The largest absolute Gasteiger partial charge is 0.303 e. The molecule has 19 heavy (non-hydrogen) atoms. The molecule has 1 fully saturated rings. The van der Waals surface area contributed by atoms with Gasteiger partial charge in [-0.3, -0.25) is 0 Å². The van der Waals surface area contributed by atoms with Crippen LogP contribution in [-0.2, 0) is 10.0 Å². The average Bonchev–Trinajstić information content (AvgIpc) is 2.88. The molecule has 6 heteroatoms. The van der Waals surface area contributed by atoms with Gasteiger partial charge in [0.1, 0.15) is 0 Å². The van der Waals surface area contributed by atoms with Crippen LogP contribution in [0.1, 0.15) is 19.3 Å². The van der Waals surface area contributed by atoms with Crippen molar-refractivity contribution >= 4 is 32.6 Å². The van der Waals surface area contributed by atoms with Crippen LogP contribution in [-0.4, -0.2) is 39.5 Å². The number of likely N-dealkylation sites (tertiary alicyclic amines) is 1. The Morgan fingerprint density at radius 2 is 1.79 bits per heavy atom. The van der Waals surface area contributed by atoms with Gasteiger partial charge in [-0.1, -0.05) is 0 Å². The molecule has 0 amide bonds. The Kier molecular flexibility index (Phi) is 5.61. The summed E-state index contributed by atoms with van der Waals surface area (Å²) in [6.07, 6.45) is 3.41. The summed E-state index contributed by atoms with van der Waals surface area (Å²) in [6, 6.07) is 6.90. The van der Waals surface area contributed by atoms with Crippen LogP contribution in [0, 0.1) is 3.57 Å². The molecule has 1 aliphatic rings. The van der Waals surface area contributed by atoms with Crippen LogP contribution in [0.4, 0.5) is 0 Å². The lowest BCUT2D eigenvalue weighted by atomic mass is 10.4. The standard InChI is InChI=1S/C13H19IN2O2S/c14-12-4-6-13(7-5-12)19(17,18)15-8-3-11-16-9-1-2-10-16/h4-7,15H,1-3,8-11H2. The molecule has 106 valence electrons. The van der Waals surface area contributed by atoms with Gasteiger partial charge in [0, 0.05) is 10.1 Å². The van der Waals surface area contributed by atoms with Crippen molar-refractivity contribution in [3.63, 3.8) is 0 Å². The van der Waals surface area contributed by atoms with Gasteiger partial charge in [0.05, 0.1) is 4.90 Å². The number of sulfonamides is 1. The molecule has 2 rings (SSSR count). The van der Waals surface area contributed by atoms with Gasteiger partial charge in [-0.15, -0.1) is 0 Å². The van der Waals surface area contributed by atoms with E-state index in [1.807, 2.05) is 0 Å². The molecule has 1 aromatic rings. The Balaban J connectivity index is 1.79. The molecule has 0 radical (unpaired) electrons. The first-order chi connectivity index (χ1) is 9.08. The zero-order chi connectivity index (χ0) is 13.7. The minimum atomic E-state index is -3.34. The third-order valence-corrected chi connectivity index (χ3v) is 5.46. The van der Waals surface area contributed by atoms with Crippen molar-refractivity contribution in [1.82, 2.24) is 9.62 Å². The molecule has 0 aromatic heterocycles. The Bertz CT molecular complexity index is 496. The highest BCUT2D eigenvalue weighted by Crippen LogP contribution is 2.12. The number of halogens is 1. The van der Waals surface area contributed by atoms with Crippen LogP contribution in [0.15, 0.2) is 29.2 Å². The summed E-state index contributed by atoms with van der Waals surface area (Å²) in [5.74, 6) is 0. The quantitative estimate of drug-likeness (QED) is 0.594. The highest BCUT2D eigenvalue weighted by molar-refractivity contribution is 14.1. The van der Waals surface area contributed by atoms with Crippen molar-refractivity contribution < 1.29 is 8.42 Å². The molecule has 0 aliphatic carbocycles. The van der Waals surface area contributed by atoms with E-state index in [0.29, 0.717) is 11.4 Å². The Labute approximate surface area is 128 Å². The lowest BCUT2D eigenvalue weighted by Crippen LogP contribution is -2.28. The first-order valence-electron chi connectivity index (χ1n) is 6.55. The maximum atomic E-state index is 12.0. The molecule has 1 heterocycles. The minimum Gasteiger partial charge on any atom is -0.303 e.